The molecule has 162 valence electrons. The molecule has 0 radical (unpaired) electrons. The van der Waals surface area contributed by atoms with Gasteiger partial charge >= 0.3 is 0 Å². The number of carbonyl (C=O) groups is 1. The fourth-order valence-electron chi connectivity index (χ4n) is 4.00. The number of carbonyl (C=O) groups excluding carboxylic acids is 1. The normalized spacial score (nSPS) is 16.6. The summed E-state index contributed by atoms with van der Waals surface area (Å²) in [6, 6.07) is 18.2. The summed E-state index contributed by atoms with van der Waals surface area (Å²) in [7, 11) is -3.72. The molecular formula is C24H26N2O3S2. The van der Waals surface area contributed by atoms with E-state index in [-0.39, 0.29) is 17.2 Å². The summed E-state index contributed by atoms with van der Waals surface area (Å²) in [5.41, 5.74) is 3.02. The summed E-state index contributed by atoms with van der Waals surface area (Å²) in [4.78, 5) is 14.3. The molecule has 0 saturated carbocycles. The maximum atomic E-state index is 13.5. The minimum atomic E-state index is -3.72. The smallest absolute Gasteiger partial charge is 0.243 e. The van der Waals surface area contributed by atoms with Crippen LogP contribution in [0.5, 0.6) is 0 Å². The zero-order chi connectivity index (χ0) is 21.8. The third-order valence-corrected chi connectivity index (χ3v) is 8.50. The summed E-state index contributed by atoms with van der Waals surface area (Å²) in [6.07, 6.45) is 1.51. The SMILES string of the molecule is Cc1ccc(S(=O)(=O)N2CCc3ccccc3[C@@H]2CC(=O)NCCc2cccs2)cc1. The van der Waals surface area contributed by atoms with Crippen molar-refractivity contribution >= 4 is 27.3 Å². The number of benzene rings is 2. The highest BCUT2D eigenvalue weighted by molar-refractivity contribution is 7.89. The monoisotopic (exact) mass is 454 g/mol. The Kier molecular flexibility index (Phi) is 6.55. The van der Waals surface area contributed by atoms with E-state index in [1.165, 1.54) is 9.18 Å². The van der Waals surface area contributed by atoms with Crippen molar-refractivity contribution in [3.05, 3.63) is 87.6 Å². The molecule has 1 aliphatic rings. The molecule has 31 heavy (non-hydrogen) atoms. The molecule has 5 nitrogen and oxygen atoms in total. The minimum Gasteiger partial charge on any atom is -0.356 e. The maximum Gasteiger partial charge on any atom is 0.243 e. The Labute approximate surface area is 187 Å². The van der Waals surface area contributed by atoms with E-state index in [9.17, 15) is 13.2 Å². The largest absolute Gasteiger partial charge is 0.356 e. The van der Waals surface area contributed by atoms with Gasteiger partial charge < -0.3 is 5.32 Å². The van der Waals surface area contributed by atoms with E-state index >= 15 is 0 Å². The van der Waals surface area contributed by atoms with Crippen LogP contribution in [0.15, 0.2) is 70.9 Å². The predicted molar refractivity (Wildman–Crippen MR) is 124 cm³/mol. The number of nitrogens with zero attached hydrogens (tertiary/aromatic N) is 1. The van der Waals surface area contributed by atoms with Crippen LogP contribution in [-0.4, -0.2) is 31.7 Å². The van der Waals surface area contributed by atoms with Crippen molar-refractivity contribution in [2.75, 3.05) is 13.1 Å². The summed E-state index contributed by atoms with van der Waals surface area (Å²) >= 11 is 1.66. The van der Waals surface area contributed by atoms with Crippen LogP contribution in [0.2, 0.25) is 0 Å². The van der Waals surface area contributed by atoms with Gasteiger partial charge in [0.05, 0.1) is 10.9 Å². The summed E-state index contributed by atoms with van der Waals surface area (Å²) < 4.78 is 28.4. The van der Waals surface area contributed by atoms with Crippen molar-refractivity contribution in [2.24, 2.45) is 0 Å². The Balaban J connectivity index is 1.56. The van der Waals surface area contributed by atoms with Gasteiger partial charge in [-0.15, -0.1) is 11.3 Å². The zero-order valence-electron chi connectivity index (χ0n) is 17.5. The second-order valence-electron chi connectivity index (χ2n) is 7.78. The van der Waals surface area contributed by atoms with Gasteiger partial charge in [-0.05, 0) is 54.5 Å². The second-order valence-corrected chi connectivity index (χ2v) is 10.7. The van der Waals surface area contributed by atoms with Crippen molar-refractivity contribution in [1.29, 1.82) is 0 Å². The molecule has 3 aromatic rings. The first-order valence-corrected chi connectivity index (χ1v) is 12.7. The quantitative estimate of drug-likeness (QED) is 0.585. The Morgan fingerprint density at radius 2 is 1.87 bits per heavy atom. The number of hydrogen-bond acceptors (Lipinski definition) is 4. The van der Waals surface area contributed by atoms with Gasteiger partial charge in [-0.1, -0.05) is 48.0 Å². The van der Waals surface area contributed by atoms with E-state index < -0.39 is 16.1 Å². The molecule has 1 amide bonds. The molecule has 1 aliphatic heterocycles. The fraction of sp³-hybridized carbons (Fsp3) is 0.292. The van der Waals surface area contributed by atoms with E-state index in [0.29, 0.717) is 19.5 Å². The molecule has 0 aliphatic carbocycles. The number of hydrogen-bond donors (Lipinski definition) is 1. The van der Waals surface area contributed by atoms with Crippen LogP contribution in [0.4, 0.5) is 0 Å². The molecule has 7 heteroatoms. The average molecular weight is 455 g/mol. The Morgan fingerprint density at radius 1 is 1.10 bits per heavy atom. The van der Waals surface area contributed by atoms with Crippen molar-refractivity contribution in [3.8, 4) is 0 Å². The lowest BCUT2D eigenvalue weighted by atomic mass is 9.92. The molecule has 2 aromatic carbocycles. The highest BCUT2D eigenvalue weighted by Crippen LogP contribution is 2.36. The van der Waals surface area contributed by atoms with Crippen LogP contribution in [0.3, 0.4) is 0 Å². The van der Waals surface area contributed by atoms with Gasteiger partial charge in [0.2, 0.25) is 15.9 Å². The van der Waals surface area contributed by atoms with Crippen LogP contribution in [0.25, 0.3) is 0 Å². The predicted octanol–water partition coefficient (Wildman–Crippen LogP) is 4.09. The maximum absolute atomic E-state index is 13.5. The van der Waals surface area contributed by atoms with Crippen molar-refractivity contribution in [1.82, 2.24) is 9.62 Å². The van der Waals surface area contributed by atoms with Gasteiger partial charge in [0, 0.05) is 24.4 Å². The molecule has 1 N–H and O–H groups in total. The van der Waals surface area contributed by atoms with Crippen LogP contribution in [-0.2, 0) is 27.7 Å². The van der Waals surface area contributed by atoms with Gasteiger partial charge in [0.15, 0.2) is 0 Å². The lowest BCUT2D eigenvalue weighted by Crippen LogP contribution is -2.42. The number of amides is 1. The first-order chi connectivity index (χ1) is 14.9. The highest BCUT2D eigenvalue weighted by Gasteiger charge is 2.37. The van der Waals surface area contributed by atoms with Crippen LogP contribution in [0, 0.1) is 6.92 Å². The summed E-state index contributed by atoms with van der Waals surface area (Å²) in [5.74, 6) is -0.137. The standard InChI is InChI=1S/C24H26N2O3S2/c1-18-8-10-21(11-9-18)31(28,29)26-15-13-19-5-2-3-7-22(19)23(26)17-24(27)25-14-12-20-6-4-16-30-20/h2-11,16,23H,12-15,17H2,1H3,(H,25,27)/t23-/m0/s1. The molecule has 0 unspecified atom stereocenters. The number of thiophene rings is 1. The number of aryl methyl sites for hydroxylation is 1. The van der Waals surface area contributed by atoms with Gasteiger partial charge in [0.25, 0.3) is 0 Å². The number of sulfonamides is 1. The fourth-order valence-corrected chi connectivity index (χ4v) is 6.32. The molecule has 0 spiro atoms. The van der Waals surface area contributed by atoms with E-state index in [0.717, 1.165) is 23.1 Å². The lowest BCUT2D eigenvalue weighted by molar-refractivity contribution is -0.122. The molecule has 0 saturated heterocycles. The first kappa shape index (κ1) is 21.7. The molecule has 0 fully saturated rings. The Morgan fingerprint density at radius 3 is 2.61 bits per heavy atom. The van der Waals surface area contributed by atoms with Gasteiger partial charge in [-0.2, -0.15) is 4.31 Å². The summed E-state index contributed by atoms with van der Waals surface area (Å²) in [6.45, 7) is 2.83. The summed E-state index contributed by atoms with van der Waals surface area (Å²) in [5, 5.41) is 4.98. The molecule has 1 aromatic heterocycles. The van der Waals surface area contributed by atoms with E-state index in [1.807, 2.05) is 48.7 Å². The molecule has 1 atom stereocenters. The average Bonchev–Trinajstić information content (AvgIpc) is 3.27. The van der Waals surface area contributed by atoms with Gasteiger partial charge in [-0.25, -0.2) is 8.42 Å². The van der Waals surface area contributed by atoms with E-state index in [1.54, 1.807) is 35.6 Å². The van der Waals surface area contributed by atoms with Crippen LogP contribution < -0.4 is 5.32 Å². The topological polar surface area (TPSA) is 66.5 Å². The van der Waals surface area contributed by atoms with Crippen molar-refractivity contribution in [2.45, 2.75) is 37.1 Å². The van der Waals surface area contributed by atoms with Gasteiger partial charge in [0.1, 0.15) is 0 Å². The first-order valence-electron chi connectivity index (χ1n) is 10.4. The number of nitrogens with one attached hydrogen (secondary N) is 1. The Bertz CT molecular complexity index is 1140. The van der Waals surface area contributed by atoms with Crippen molar-refractivity contribution in [3.63, 3.8) is 0 Å². The molecule has 0 bridgehead atoms. The minimum absolute atomic E-state index is 0.104. The Hall–Kier alpha value is -2.48. The third kappa shape index (κ3) is 4.89. The zero-order valence-corrected chi connectivity index (χ0v) is 19.1. The van der Waals surface area contributed by atoms with Gasteiger partial charge in [-0.3, -0.25) is 4.79 Å². The number of rotatable bonds is 7. The highest BCUT2D eigenvalue weighted by atomic mass is 32.2. The third-order valence-electron chi connectivity index (χ3n) is 5.64. The molecule has 2 heterocycles. The molecular weight excluding hydrogens is 428 g/mol. The van der Waals surface area contributed by atoms with Crippen LogP contribution >= 0.6 is 11.3 Å². The molecule has 4 rings (SSSR count). The number of fused-ring (bicyclic) bond motifs is 1. The van der Waals surface area contributed by atoms with E-state index in [2.05, 4.69) is 5.32 Å². The van der Waals surface area contributed by atoms with E-state index in [4.69, 9.17) is 0 Å². The lowest BCUT2D eigenvalue weighted by Gasteiger charge is -2.36. The van der Waals surface area contributed by atoms with Crippen molar-refractivity contribution < 1.29 is 13.2 Å². The second kappa shape index (κ2) is 9.34. The van der Waals surface area contributed by atoms with Crippen LogP contribution in [0.1, 0.15) is 34.0 Å².